The van der Waals surface area contributed by atoms with E-state index in [2.05, 4.69) is 5.32 Å². The molecule has 0 heterocycles. The van der Waals surface area contributed by atoms with Gasteiger partial charge in [-0.25, -0.2) is 9.59 Å². The van der Waals surface area contributed by atoms with Crippen LogP contribution in [0.25, 0.3) is 0 Å². The Morgan fingerprint density at radius 3 is 2.23 bits per heavy atom. The summed E-state index contributed by atoms with van der Waals surface area (Å²) < 4.78 is 5.42. The van der Waals surface area contributed by atoms with Gasteiger partial charge in [-0.2, -0.15) is 11.8 Å². The van der Waals surface area contributed by atoms with Crippen LogP contribution in [0.4, 0.5) is 10.5 Å². The molecule has 160 valence electrons. The van der Waals surface area contributed by atoms with Crippen molar-refractivity contribution in [3.05, 3.63) is 66.2 Å². The highest BCUT2D eigenvalue weighted by molar-refractivity contribution is 7.98. The van der Waals surface area contributed by atoms with E-state index < -0.39 is 30.1 Å². The van der Waals surface area contributed by atoms with Crippen LogP contribution in [0.1, 0.15) is 18.9 Å². The third-order valence-electron chi connectivity index (χ3n) is 4.43. The van der Waals surface area contributed by atoms with Crippen molar-refractivity contribution in [1.82, 2.24) is 5.32 Å². The molecule has 0 aliphatic heterocycles. The van der Waals surface area contributed by atoms with Crippen LogP contribution in [0.15, 0.2) is 60.7 Å². The Bertz CT molecular complexity index is 832. The molecular formula is C22H26N2O5S. The Morgan fingerprint density at radius 1 is 1.07 bits per heavy atom. The van der Waals surface area contributed by atoms with Gasteiger partial charge in [0.2, 0.25) is 5.91 Å². The van der Waals surface area contributed by atoms with Crippen molar-refractivity contribution in [2.24, 2.45) is 0 Å². The van der Waals surface area contributed by atoms with Crippen LogP contribution in [0, 0.1) is 0 Å². The van der Waals surface area contributed by atoms with Crippen LogP contribution in [-0.2, 0) is 20.9 Å². The number of para-hydroxylation sites is 1. The fraction of sp³-hybridized carbons (Fsp3) is 0.318. The van der Waals surface area contributed by atoms with Gasteiger partial charge >= 0.3 is 12.1 Å². The minimum atomic E-state index is -1.11. The predicted octanol–water partition coefficient (Wildman–Crippen LogP) is 3.54. The summed E-state index contributed by atoms with van der Waals surface area (Å²) in [6.07, 6.45) is 1.46. The number of rotatable bonds is 10. The molecule has 0 aromatic heterocycles. The molecule has 30 heavy (non-hydrogen) atoms. The second-order valence-corrected chi connectivity index (χ2v) is 7.59. The summed E-state index contributed by atoms with van der Waals surface area (Å²) in [7, 11) is 0. The van der Waals surface area contributed by atoms with Gasteiger partial charge in [-0.05, 0) is 43.0 Å². The van der Waals surface area contributed by atoms with E-state index in [0.29, 0.717) is 17.9 Å². The van der Waals surface area contributed by atoms with Crippen LogP contribution in [0.3, 0.4) is 0 Å². The van der Waals surface area contributed by atoms with E-state index in [1.54, 1.807) is 37.3 Å². The second kappa shape index (κ2) is 11.9. The van der Waals surface area contributed by atoms with Gasteiger partial charge in [0.25, 0.3) is 0 Å². The van der Waals surface area contributed by atoms with E-state index in [0.717, 1.165) is 5.56 Å². The van der Waals surface area contributed by atoms with Gasteiger partial charge in [0.1, 0.15) is 18.7 Å². The predicted molar refractivity (Wildman–Crippen MR) is 118 cm³/mol. The molecule has 0 aliphatic rings. The highest BCUT2D eigenvalue weighted by Crippen LogP contribution is 2.19. The quantitative estimate of drug-likeness (QED) is 0.599. The summed E-state index contributed by atoms with van der Waals surface area (Å²) >= 11 is 1.50. The number of anilines is 1. The lowest BCUT2D eigenvalue weighted by atomic mass is 10.1. The first kappa shape index (κ1) is 23.3. The van der Waals surface area contributed by atoms with E-state index in [9.17, 15) is 19.5 Å². The zero-order chi connectivity index (χ0) is 21.9. The van der Waals surface area contributed by atoms with Crippen molar-refractivity contribution in [2.45, 2.75) is 32.0 Å². The third kappa shape index (κ3) is 6.81. The fourth-order valence-corrected chi connectivity index (χ4v) is 3.24. The number of ether oxygens (including phenoxy) is 1. The molecule has 2 rings (SSSR count). The van der Waals surface area contributed by atoms with Gasteiger partial charge in [0, 0.05) is 5.69 Å². The van der Waals surface area contributed by atoms with Crippen LogP contribution < -0.4 is 10.2 Å². The Hall–Kier alpha value is -3.00. The van der Waals surface area contributed by atoms with Gasteiger partial charge in [0.15, 0.2) is 0 Å². The first-order valence-electron chi connectivity index (χ1n) is 9.51. The van der Waals surface area contributed by atoms with Gasteiger partial charge < -0.3 is 15.2 Å². The Kier molecular flexibility index (Phi) is 9.21. The molecule has 2 atom stereocenters. The first-order valence-corrected chi connectivity index (χ1v) is 10.9. The number of hydrogen-bond donors (Lipinski definition) is 2. The molecule has 0 radical (unpaired) electrons. The molecule has 0 saturated heterocycles. The zero-order valence-corrected chi connectivity index (χ0v) is 17.8. The maximum absolute atomic E-state index is 12.9. The Labute approximate surface area is 180 Å². The van der Waals surface area contributed by atoms with E-state index in [4.69, 9.17) is 4.74 Å². The lowest BCUT2D eigenvalue weighted by molar-refractivity contribution is -0.142. The number of nitrogens with one attached hydrogen (secondary N) is 1. The number of carbonyl (C=O) groups is 3. The number of carboxylic acid groups (broad SMARTS) is 1. The monoisotopic (exact) mass is 430 g/mol. The lowest BCUT2D eigenvalue weighted by Crippen LogP contribution is -2.52. The average molecular weight is 431 g/mol. The number of thioether (sulfide) groups is 1. The molecule has 0 aliphatic carbocycles. The van der Waals surface area contributed by atoms with Crippen molar-refractivity contribution in [3.63, 3.8) is 0 Å². The number of benzene rings is 2. The van der Waals surface area contributed by atoms with Crippen LogP contribution in [0.2, 0.25) is 0 Å². The average Bonchev–Trinajstić information content (AvgIpc) is 2.76. The summed E-state index contributed by atoms with van der Waals surface area (Å²) in [4.78, 5) is 38.3. The normalized spacial score (nSPS) is 12.5. The van der Waals surface area contributed by atoms with E-state index in [-0.39, 0.29) is 6.61 Å². The second-order valence-electron chi connectivity index (χ2n) is 6.60. The molecule has 2 N–H and O–H groups in total. The van der Waals surface area contributed by atoms with Gasteiger partial charge in [-0.15, -0.1) is 0 Å². The smallest absolute Gasteiger partial charge is 0.415 e. The molecule has 0 bridgehead atoms. The molecule has 8 heteroatoms. The number of nitrogens with zero attached hydrogens (tertiary/aromatic N) is 1. The van der Waals surface area contributed by atoms with E-state index >= 15 is 0 Å². The number of hydrogen-bond acceptors (Lipinski definition) is 5. The summed E-state index contributed by atoms with van der Waals surface area (Å²) in [5.41, 5.74) is 1.30. The molecule has 0 saturated carbocycles. The van der Waals surface area contributed by atoms with Crippen LogP contribution in [-0.4, -0.2) is 47.2 Å². The van der Waals surface area contributed by atoms with E-state index in [1.165, 1.54) is 16.7 Å². The third-order valence-corrected chi connectivity index (χ3v) is 5.07. The highest BCUT2D eigenvalue weighted by atomic mass is 32.2. The number of carbonyl (C=O) groups excluding carboxylic acids is 2. The van der Waals surface area contributed by atoms with Crippen molar-refractivity contribution in [3.8, 4) is 0 Å². The minimum absolute atomic E-state index is 0.0584. The molecule has 0 spiro atoms. The molecular weight excluding hydrogens is 404 g/mol. The van der Waals surface area contributed by atoms with Crippen LogP contribution >= 0.6 is 11.8 Å². The molecule has 7 nitrogen and oxygen atoms in total. The molecule has 0 unspecified atom stereocenters. The SMILES string of the molecule is CSCC[C@H](NC(=O)[C@H](C)N(C(=O)OCc1ccccc1)c1ccccc1)C(=O)O. The minimum Gasteiger partial charge on any atom is -0.480 e. The largest absolute Gasteiger partial charge is 0.480 e. The highest BCUT2D eigenvalue weighted by Gasteiger charge is 2.31. The fourth-order valence-electron chi connectivity index (χ4n) is 2.77. The Balaban J connectivity index is 2.16. The molecule has 2 aromatic carbocycles. The van der Waals surface area contributed by atoms with E-state index in [1.807, 2.05) is 36.6 Å². The lowest BCUT2D eigenvalue weighted by Gasteiger charge is -2.28. The summed E-state index contributed by atoms with van der Waals surface area (Å²) in [5, 5.41) is 11.9. The maximum atomic E-state index is 12.9. The van der Waals surface area contributed by atoms with Crippen molar-refractivity contribution >= 4 is 35.4 Å². The standard InChI is InChI=1S/C22H26N2O5S/c1-16(20(25)23-19(21(26)27)13-14-30-2)24(18-11-7-4-8-12-18)22(28)29-15-17-9-5-3-6-10-17/h3-12,16,19H,13-15H2,1-2H3,(H,23,25)(H,26,27)/t16-,19-/m0/s1. The topological polar surface area (TPSA) is 95.9 Å². The number of carboxylic acids is 1. The molecule has 2 aromatic rings. The first-order chi connectivity index (χ1) is 14.4. The van der Waals surface area contributed by atoms with Crippen LogP contribution in [0.5, 0.6) is 0 Å². The zero-order valence-electron chi connectivity index (χ0n) is 17.0. The van der Waals surface area contributed by atoms with Crippen molar-refractivity contribution in [1.29, 1.82) is 0 Å². The number of aliphatic carboxylic acids is 1. The summed E-state index contributed by atoms with van der Waals surface area (Å²) in [5.74, 6) is -1.08. The molecule has 2 amide bonds. The maximum Gasteiger partial charge on any atom is 0.415 e. The summed E-state index contributed by atoms with van der Waals surface area (Å²) in [6, 6.07) is 15.9. The molecule has 0 fully saturated rings. The Morgan fingerprint density at radius 2 is 1.67 bits per heavy atom. The van der Waals surface area contributed by atoms with Gasteiger partial charge in [0.05, 0.1) is 0 Å². The van der Waals surface area contributed by atoms with Gasteiger partial charge in [-0.1, -0.05) is 48.5 Å². The number of amides is 2. The van der Waals surface area contributed by atoms with Crippen molar-refractivity contribution in [2.75, 3.05) is 16.9 Å². The summed E-state index contributed by atoms with van der Waals surface area (Å²) in [6.45, 7) is 1.60. The van der Waals surface area contributed by atoms with Crippen molar-refractivity contribution < 1.29 is 24.2 Å². The van der Waals surface area contributed by atoms with Gasteiger partial charge in [-0.3, -0.25) is 9.69 Å².